The Morgan fingerprint density at radius 3 is 1.47 bits per heavy atom. The second-order valence-corrected chi connectivity index (χ2v) is 5.75. The number of nitrogens with zero attached hydrogens (tertiary/aromatic N) is 1. The van der Waals surface area contributed by atoms with Gasteiger partial charge >= 0.3 is 0 Å². The quantitative estimate of drug-likeness (QED) is 0.440. The average Bonchev–Trinajstić information content (AvgIpc) is 2.43. The molecule has 116 valence electrons. The zero-order chi connectivity index (χ0) is 14.2. The van der Waals surface area contributed by atoms with Gasteiger partial charge in [-0.05, 0) is 45.3 Å². The molecule has 2 heteroatoms. The minimum absolute atomic E-state index is 0.365. The third kappa shape index (κ3) is 14.1. The normalized spacial score (nSPS) is 11.4. The Morgan fingerprint density at radius 2 is 1.00 bits per heavy atom. The van der Waals surface area contributed by atoms with Crippen LogP contribution in [-0.4, -0.2) is 36.2 Å². The number of hydrogen-bond acceptors (Lipinski definition) is 2. The maximum atomic E-state index is 8.70. The molecule has 0 radical (unpaired) electrons. The fourth-order valence-electron chi connectivity index (χ4n) is 2.43. The van der Waals surface area contributed by atoms with Gasteiger partial charge in [-0.1, -0.05) is 58.8 Å². The van der Waals surface area contributed by atoms with Gasteiger partial charge in [-0.15, -0.1) is 0 Å². The first-order valence-electron chi connectivity index (χ1n) is 8.68. The van der Waals surface area contributed by atoms with Crippen LogP contribution in [0.4, 0.5) is 0 Å². The van der Waals surface area contributed by atoms with Gasteiger partial charge in [0.05, 0.1) is 0 Å². The molecular weight excluding hydrogens is 234 g/mol. The Kier molecular flexibility index (Phi) is 15.9. The summed E-state index contributed by atoms with van der Waals surface area (Å²) in [4.78, 5) is 2.67. The van der Waals surface area contributed by atoms with Crippen molar-refractivity contribution in [2.24, 2.45) is 0 Å². The van der Waals surface area contributed by atoms with Crippen LogP contribution in [0.2, 0.25) is 0 Å². The van der Waals surface area contributed by atoms with E-state index in [2.05, 4.69) is 18.7 Å². The molecule has 0 bridgehead atoms. The van der Waals surface area contributed by atoms with E-state index in [0.717, 1.165) is 6.42 Å². The van der Waals surface area contributed by atoms with Crippen LogP contribution in [0.3, 0.4) is 0 Å². The third-order valence-electron chi connectivity index (χ3n) is 3.79. The van der Waals surface area contributed by atoms with Gasteiger partial charge in [-0.3, -0.25) is 0 Å². The van der Waals surface area contributed by atoms with Crippen molar-refractivity contribution in [1.29, 1.82) is 0 Å². The van der Waals surface area contributed by atoms with Crippen molar-refractivity contribution < 1.29 is 5.11 Å². The summed E-state index contributed by atoms with van der Waals surface area (Å²) in [6.07, 6.45) is 14.3. The first-order chi connectivity index (χ1) is 9.35. The fraction of sp³-hybridized carbons (Fsp3) is 1.00. The number of aliphatic hydroxyl groups is 1. The smallest absolute Gasteiger partial charge is 0.0431 e. The van der Waals surface area contributed by atoms with Crippen molar-refractivity contribution in [1.82, 2.24) is 4.90 Å². The average molecular weight is 271 g/mol. The van der Waals surface area contributed by atoms with Gasteiger partial charge in [0, 0.05) is 6.61 Å². The van der Waals surface area contributed by atoms with E-state index >= 15 is 0 Å². The van der Waals surface area contributed by atoms with Gasteiger partial charge in [0.2, 0.25) is 0 Å². The molecule has 0 heterocycles. The molecule has 0 rings (SSSR count). The molecule has 1 N–H and O–H groups in total. The van der Waals surface area contributed by atoms with E-state index < -0.39 is 0 Å². The predicted octanol–water partition coefficient (Wildman–Crippen LogP) is 4.61. The highest BCUT2D eigenvalue weighted by Crippen LogP contribution is 2.08. The Balaban J connectivity index is 3.40. The number of unbranched alkanes of at least 4 members (excludes halogenated alkanes) is 8. The number of hydrogen-bond donors (Lipinski definition) is 1. The molecular formula is C17H37NO. The predicted molar refractivity (Wildman–Crippen MR) is 85.7 cm³/mol. The van der Waals surface area contributed by atoms with Crippen LogP contribution in [-0.2, 0) is 0 Å². The standard InChI is InChI=1S/C17H37NO/c1-3-5-14-18(15-6-4-2)16-12-10-8-7-9-11-13-17-19/h19H,3-17H2,1-2H3. The van der Waals surface area contributed by atoms with Crippen molar-refractivity contribution in [3.05, 3.63) is 0 Å². The summed E-state index contributed by atoms with van der Waals surface area (Å²) in [6.45, 7) is 8.83. The lowest BCUT2D eigenvalue weighted by Gasteiger charge is -2.21. The first-order valence-corrected chi connectivity index (χ1v) is 8.68. The maximum absolute atomic E-state index is 8.70. The molecule has 0 amide bonds. The van der Waals surface area contributed by atoms with Gasteiger partial charge in [0.1, 0.15) is 0 Å². The van der Waals surface area contributed by atoms with Crippen LogP contribution in [0.15, 0.2) is 0 Å². The van der Waals surface area contributed by atoms with Crippen LogP contribution in [0, 0.1) is 0 Å². The third-order valence-corrected chi connectivity index (χ3v) is 3.79. The van der Waals surface area contributed by atoms with E-state index in [4.69, 9.17) is 5.11 Å². The number of aliphatic hydroxyl groups excluding tert-OH is 1. The van der Waals surface area contributed by atoms with Crippen LogP contribution < -0.4 is 0 Å². The molecule has 0 saturated heterocycles. The van der Waals surface area contributed by atoms with Gasteiger partial charge in [-0.25, -0.2) is 0 Å². The molecule has 0 aliphatic carbocycles. The lowest BCUT2D eigenvalue weighted by molar-refractivity contribution is 0.258. The Morgan fingerprint density at radius 1 is 0.579 bits per heavy atom. The zero-order valence-corrected chi connectivity index (χ0v) is 13.5. The van der Waals surface area contributed by atoms with Crippen LogP contribution in [0.5, 0.6) is 0 Å². The molecule has 0 saturated carbocycles. The first kappa shape index (κ1) is 18.9. The SMILES string of the molecule is CCCCN(CCCC)CCCCCCCCCO. The molecule has 0 spiro atoms. The second kappa shape index (κ2) is 16.0. The van der Waals surface area contributed by atoms with Crippen LogP contribution in [0.1, 0.15) is 84.5 Å². The molecule has 0 unspecified atom stereocenters. The van der Waals surface area contributed by atoms with Crippen molar-refractivity contribution in [2.45, 2.75) is 84.5 Å². The van der Waals surface area contributed by atoms with Crippen LogP contribution >= 0.6 is 0 Å². The van der Waals surface area contributed by atoms with Crippen molar-refractivity contribution in [2.75, 3.05) is 26.2 Å². The van der Waals surface area contributed by atoms with E-state index in [1.807, 2.05) is 0 Å². The van der Waals surface area contributed by atoms with Crippen molar-refractivity contribution >= 4 is 0 Å². The van der Waals surface area contributed by atoms with E-state index in [9.17, 15) is 0 Å². The maximum Gasteiger partial charge on any atom is 0.0431 e. The summed E-state index contributed by atoms with van der Waals surface area (Å²) >= 11 is 0. The van der Waals surface area contributed by atoms with Crippen LogP contribution in [0.25, 0.3) is 0 Å². The molecule has 19 heavy (non-hydrogen) atoms. The molecule has 0 aromatic rings. The van der Waals surface area contributed by atoms with Gasteiger partial charge in [0.25, 0.3) is 0 Å². The molecule has 0 aliphatic heterocycles. The van der Waals surface area contributed by atoms with Crippen molar-refractivity contribution in [3.63, 3.8) is 0 Å². The molecule has 0 aromatic carbocycles. The molecule has 0 fully saturated rings. The summed E-state index contributed by atoms with van der Waals surface area (Å²) < 4.78 is 0. The highest BCUT2D eigenvalue weighted by molar-refractivity contribution is 4.58. The zero-order valence-electron chi connectivity index (χ0n) is 13.5. The topological polar surface area (TPSA) is 23.5 Å². The second-order valence-electron chi connectivity index (χ2n) is 5.75. The van der Waals surface area contributed by atoms with E-state index in [-0.39, 0.29) is 0 Å². The summed E-state index contributed by atoms with van der Waals surface area (Å²) in [5.41, 5.74) is 0. The van der Waals surface area contributed by atoms with E-state index in [0.29, 0.717) is 6.61 Å². The summed E-state index contributed by atoms with van der Waals surface area (Å²) in [7, 11) is 0. The lowest BCUT2D eigenvalue weighted by atomic mass is 10.1. The highest BCUT2D eigenvalue weighted by atomic mass is 16.2. The molecule has 0 aliphatic rings. The minimum atomic E-state index is 0.365. The van der Waals surface area contributed by atoms with Crippen molar-refractivity contribution in [3.8, 4) is 0 Å². The Bertz CT molecular complexity index is 153. The van der Waals surface area contributed by atoms with Gasteiger partial charge < -0.3 is 10.0 Å². The molecule has 0 atom stereocenters. The van der Waals surface area contributed by atoms with Gasteiger partial charge in [-0.2, -0.15) is 0 Å². The molecule has 2 nitrogen and oxygen atoms in total. The van der Waals surface area contributed by atoms with E-state index in [1.165, 1.54) is 83.8 Å². The Hall–Kier alpha value is -0.0800. The number of rotatable bonds is 15. The Labute approximate surface area is 121 Å². The largest absolute Gasteiger partial charge is 0.396 e. The molecule has 0 aromatic heterocycles. The summed E-state index contributed by atoms with van der Waals surface area (Å²) in [5.74, 6) is 0. The summed E-state index contributed by atoms with van der Waals surface area (Å²) in [5, 5.41) is 8.70. The monoisotopic (exact) mass is 271 g/mol. The minimum Gasteiger partial charge on any atom is -0.396 e. The summed E-state index contributed by atoms with van der Waals surface area (Å²) in [6, 6.07) is 0. The van der Waals surface area contributed by atoms with E-state index in [1.54, 1.807) is 0 Å². The fourth-order valence-corrected chi connectivity index (χ4v) is 2.43. The lowest BCUT2D eigenvalue weighted by Crippen LogP contribution is -2.27. The van der Waals surface area contributed by atoms with Gasteiger partial charge in [0.15, 0.2) is 0 Å². The highest BCUT2D eigenvalue weighted by Gasteiger charge is 2.03.